The Morgan fingerprint density at radius 2 is 2.07 bits per heavy atom. The van der Waals surface area contributed by atoms with E-state index in [9.17, 15) is 4.79 Å². The summed E-state index contributed by atoms with van der Waals surface area (Å²) in [6.45, 7) is 10.4. The third-order valence-electron chi connectivity index (χ3n) is 3.56. The van der Waals surface area contributed by atoms with Crippen LogP contribution in [0.3, 0.4) is 0 Å². The highest BCUT2D eigenvalue weighted by Crippen LogP contribution is 2.34. The van der Waals surface area contributed by atoms with Gasteiger partial charge in [-0.2, -0.15) is 0 Å². The number of hydrogen-bond donors (Lipinski definition) is 2. The van der Waals surface area contributed by atoms with E-state index in [-0.39, 0.29) is 12.1 Å². The Hall–Kier alpha value is -2.58. The maximum absolute atomic E-state index is 12.3. The molecule has 0 aliphatic rings. The predicted octanol–water partition coefficient (Wildman–Crippen LogP) is 5.16. The lowest BCUT2D eigenvalue weighted by Gasteiger charge is -2.17. The number of aromatic nitrogens is 3. The zero-order valence-corrected chi connectivity index (χ0v) is 17.1. The summed E-state index contributed by atoms with van der Waals surface area (Å²) in [6.07, 6.45) is 4.65. The molecule has 0 saturated heterocycles. The van der Waals surface area contributed by atoms with Gasteiger partial charge < -0.3 is 15.4 Å². The zero-order chi connectivity index (χ0) is 19.8. The van der Waals surface area contributed by atoms with Gasteiger partial charge in [-0.05, 0) is 32.9 Å². The highest BCUT2D eigenvalue weighted by atomic mass is 32.1. The smallest absolute Gasteiger partial charge is 0.323 e. The lowest BCUT2D eigenvalue weighted by atomic mass is 10.1. The molecule has 0 spiro atoms. The maximum Gasteiger partial charge on any atom is 0.323 e. The summed E-state index contributed by atoms with van der Waals surface area (Å²) in [5, 5.41) is 6.51. The second-order valence-corrected chi connectivity index (χ2v) is 6.57. The lowest BCUT2D eigenvalue weighted by Crippen LogP contribution is -2.21. The van der Waals surface area contributed by atoms with Crippen LogP contribution in [0, 0.1) is 6.92 Å². The first-order chi connectivity index (χ1) is 13.1. The van der Waals surface area contributed by atoms with Crippen LogP contribution in [0.15, 0.2) is 30.7 Å². The summed E-state index contributed by atoms with van der Waals surface area (Å²) in [4.78, 5) is 26.1. The number of nitrogens with one attached hydrogen (secondary N) is 2. The number of carbonyl (C=O) groups excluding carboxylic acids is 1. The van der Waals surface area contributed by atoms with Gasteiger partial charge in [0, 0.05) is 18.4 Å². The van der Waals surface area contributed by atoms with Gasteiger partial charge in [0.15, 0.2) is 0 Å². The third kappa shape index (κ3) is 5.21. The van der Waals surface area contributed by atoms with Gasteiger partial charge in [-0.1, -0.05) is 25.2 Å². The first kappa shape index (κ1) is 20.7. The van der Waals surface area contributed by atoms with Crippen molar-refractivity contribution in [3.8, 4) is 0 Å². The van der Waals surface area contributed by atoms with E-state index in [1.165, 1.54) is 11.3 Å². The van der Waals surface area contributed by atoms with Crippen molar-refractivity contribution in [1.29, 1.82) is 0 Å². The molecular formula is C19H25N5O2S. The molecule has 1 unspecified atom stereocenters. The number of ether oxygens (including phenoxy) is 1. The first-order valence-electron chi connectivity index (χ1n) is 8.94. The molecule has 0 aliphatic heterocycles. The van der Waals surface area contributed by atoms with Crippen molar-refractivity contribution in [3.05, 3.63) is 41.3 Å². The fraction of sp³-hybridized carbons (Fsp3) is 0.368. The predicted molar refractivity (Wildman–Crippen MR) is 110 cm³/mol. The number of fused-ring (bicyclic) bond motifs is 1. The Bertz CT molecular complexity index is 882. The normalized spacial score (nSPS) is 11.4. The Morgan fingerprint density at radius 1 is 1.30 bits per heavy atom. The highest BCUT2D eigenvalue weighted by molar-refractivity contribution is 7.18. The molecular weight excluding hydrogens is 362 g/mol. The molecule has 3 heterocycles. The molecule has 3 aromatic heterocycles. The molecule has 27 heavy (non-hydrogen) atoms. The fourth-order valence-electron chi connectivity index (χ4n) is 2.57. The van der Waals surface area contributed by atoms with Gasteiger partial charge in [0.05, 0.1) is 34.9 Å². The molecule has 0 bridgehead atoms. The molecule has 0 aliphatic carbocycles. The van der Waals surface area contributed by atoms with E-state index in [0.717, 1.165) is 20.9 Å². The number of thiazole rings is 1. The molecule has 144 valence electrons. The van der Waals surface area contributed by atoms with E-state index in [0.29, 0.717) is 18.0 Å². The largest absolute Gasteiger partial charge is 0.374 e. The monoisotopic (exact) mass is 387 g/mol. The van der Waals surface area contributed by atoms with Gasteiger partial charge in [0.2, 0.25) is 0 Å². The van der Waals surface area contributed by atoms with Gasteiger partial charge in [-0.15, -0.1) is 0 Å². The molecule has 0 radical (unpaired) electrons. The van der Waals surface area contributed by atoms with Crippen molar-refractivity contribution in [2.75, 3.05) is 17.2 Å². The minimum atomic E-state index is -0.369. The van der Waals surface area contributed by atoms with E-state index in [4.69, 9.17) is 4.74 Å². The van der Waals surface area contributed by atoms with Gasteiger partial charge in [-0.25, -0.2) is 14.8 Å². The summed E-state index contributed by atoms with van der Waals surface area (Å²) in [5.74, 6) is 0. The second kappa shape index (κ2) is 9.94. The van der Waals surface area contributed by atoms with Crippen LogP contribution in [-0.2, 0) is 4.74 Å². The van der Waals surface area contributed by atoms with Crippen molar-refractivity contribution < 1.29 is 9.53 Å². The zero-order valence-electron chi connectivity index (χ0n) is 16.2. The second-order valence-electron chi connectivity index (χ2n) is 5.39. The fourth-order valence-corrected chi connectivity index (χ4v) is 3.34. The van der Waals surface area contributed by atoms with E-state index >= 15 is 0 Å². The lowest BCUT2D eigenvalue weighted by molar-refractivity contribution is 0.0777. The van der Waals surface area contributed by atoms with Gasteiger partial charge in [0.25, 0.3) is 0 Å². The van der Waals surface area contributed by atoms with Gasteiger partial charge in [-0.3, -0.25) is 4.98 Å². The van der Waals surface area contributed by atoms with E-state index in [1.54, 1.807) is 30.7 Å². The van der Waals surface area contributed by atoms with E-state index in [1.807, 2.05) is 34.6 Å². The molecule has 3 rings (SSSR count). The average molecular weight is 388 g/mol. The molecule has 1 atom stereocenters. The van der Waals surface area contributed by atoms with Crippen LogP contribution in [-0.4, -0.2) is 27.6 Å². The van der Waals surface area contributed by atoms with Gasteiger partial charge in [0.1, 0.15) is 10.3 Å². The number of rotatable bonds is 5. The van der Waals surface area contributed by atoms with Crippen LogP contribution in [0.4, 0.5) is 16.2 Å². The molecule has 2 N–H and O–H groups in total. The topological polar surface area (TPSA) is 89.0 Å². The Labute approximate surface area is 163 Å². The minimum absolute atomic E-state index is 0.217. The Kier molecular flexibility index (Phi) is 7.63. The van der Waals surface area contributed by atoms with Crippen molar-refractivity contribution in [3.63, 3.8) is 0 Å². The maximum atomic E-state index is 12.3. The number of urea groups is 1. The Morgan fingerprint density at radius 3 is 2.74 bits per heavy atom. The molecule has 2 amide bonds. The van der Waals surface area contributed by atoms with Crippen molar-refractivity contribution in [2.24, 2.45) is 0 Å². The summed E-state index contributed by atoms with van der Waals surface area (Å²) in [7, 11) is 0. The number of aryl methyl sites for hydroxylation is 1. The first-order valence-corrected chi connectivity index (χ1v) is 9.75. The van der Waals surface area contributed by atoms with Crippen LogP contribution in [0.25, 0.3) is 10.3 Å². The SMILES string of the molecule is CC.CCOC(C)c1c(NC(=O)Nc2cccnc2)cnc2sc(C)nc12. The van der Waals surface area contributed by atoms with Crippen molar-refractivity contribution in [2.45, 2.75) is 40.7 Å². The van der Waals surface area contributed by atoms with Crippen LogP contribution in [0.5, 0.6) is 0 Å². The number of nitrogens with zero attached hydrogens (tertiary/aromatic N) is 3. The number of hydrogen-bond acceptors (Lipinski definition) is 6. The molecule has 7 nitrogen and oxygen atoms in total. The molecule has 8 heteroatoms. The summed E-state index contributed by atoms with van der Waals surface area (Å²) in [5.41, 5.74) is 2.79. The number of anilines is 2. The van der Waals surface area contributed by atoms with Crippen LogP contribution >= 0.6 is 11.3 Å². The Balaban J connectivity index is 0.00000126. The van der Waals surface area contributed by atoms with Gasteiger partial charge >= 0.3 is 6.03 Å². The van der Waals surface area contributed by atoms with E-state index in [2.05, 4.69) is 25.6 Å². The number of pyridine rings is 2. The van der Waals surface area contributed by atoms with Crippen LogP contribution in [0.2, 0.25) is 0 Å². The number of amides is 2. The van der Waals surface area contributed by atoms with Crippen LogP contribution < -0.4 is 10.6 Å². The number of carbonyl (C=O) groups is 1. The quantitative estimate of drug-likeness (QED) is 0.631. The minimum Gasteiger partial charge on any atom is -0.374 e. The van der Waals surface area contributed by atoms with E-state index < -0.39 is 0 Å². The third-order valence-corrected chi connectivity index (χ3v) is 4.44. The summed E-state index contributed by atoms with van der Waals surface area (Å²) in [6, 6.07) is 3.15. The average Bonchev–Trinajstić information content (AvgIpc) is 3.04. The summed E-state index contributed by atoms with van der Waals surface area (Å²) >= 11 is 1.52. The molecule has 0 aromatic carbocycles. The standard InChI is InChI=1S/C17H19N5O2S.C2H6/c1-4-24-10(2)14-13(9-19-16-15(14)20-11(3)25-16)22-17(23)21-12-6-5-7-18-8-12;1-2/h5-10H,4H2,1-3H3,(H2,21,22,23);1-2H3. The molecule has 0 saturated carbocycles. The van der Waals surface area contributed by atoms with Crippen molar-refractivity contribution >= 4 is 39.1 Å². The highest BCUT2D eigenvalue weighted by Gasteiger charge is 2.20. The van der Waals surface area contributed by atoms with Crippen molar-refractivity contribution in [1.82, 2.24) is 15.0 Å². The molecule has 0 fully saturated rings. The summed E-state index contributed by atoms with van der Waals surface area (Å²) < 4.78 is 5.74. The van der Waals surface area contributed by atoms with Crippen LogP contribution in [0.1, 0.15) is 44.4 Å². The molecule has 3 aromatic rings.